The van der Waals surface area contributed by atoms with Crippen molar-refractivity contribution in [2.24, 2.45) is 11.8 Å². The number of anilines is 1. The van der Waals surface area contributed by atoms with E-state index in [0.29, 0.717) is 30.3 Å². The van der Waals surface area contributed by atoms with Gasteiger partial charge in [-0.1, -0.05) is 31.2 Å². The second-order valence-corrected chi connectivity index (χ2v) is 7.85. The van der Waals surface area contributed by atoms with Crippen molar-refractivity contribution in [3.63, 3.8) is 0 Å². The molecule has 0 spiro atoms. The van der Waals surface area contributed by atoms with Crippen LogP contribution < -0.4 is 15.4 Å². The molecule has 0 radical (unpaired) electrons. The molecule has 7 heteroatoms. The number of benzene rings is 2. The predicted octanol–water partition coefficient (Wildman–Crippen LogP) is 3.50. The van der Waals surface area contributed by atoms with Crippen molar-refractivity contribution in [3.05, 3.63) is 59.7 Å². The Hall–Kier alpha value is -2.57. The van der Waals surface area contributed by atoms with E-state index in [-0.39, 0.29) is 36.2 Å². The summed E-state index contributed by atoms with van der Waals surface area (Å²) in [5, 5.41) is 6.33. The van der Waals surface area contributed by atoms with E-state index in [2.05, 4.69) is 17.6 Å². The number of halogens is 1. The highest BCUT2D eigenvalue weighted by Gasteiger charge is 2.39. The lowest BCUT2D eigenvalue weighted by Crippen LogP contribution is -2.48. The van der Waals surface area contributed by atoms with Gasteiger partial charge in [0.25, 0.3) is 5.91 Å². The molecule has 30 heavy (non-hydrogen) atoms. The highest BCUT2D eigenvalue weighted by molar-refractivity contribution is 5.98. The molecule has 0 bridgehead atoms. The maximum atomic E-state index is 13.4. The van der Waals surface area contributed by atoms with Crippen LogP contribution in [0.1, 0.15) is 35.3 Å². The number of nitrogens with zero attached hydrogens (tertiary/aromatic N) is 1. The number of piperazine rings is 1. The average Bonchev–Trinajstić information content (AvgIpc) is 3.50. The second kappa shape index (κ2) is 9.49. The minimum atomic E-state index is -0.113. The molecule has 3 atom stereocenters. The first kappa shape index (κ1) is 22.1. The van der Waals surface area contributed by atoms with Crippen molar-refractivity contribution >= 4 is 29.9 Å². The van der Waals surface area contributed by atoms with Crippen molar-refractivity contribution < 1.29 is 14.3 Å². The Labute approximate surface area is 183 Å². The molecule has 2 aromatic carbocycles. The summed E-state index contributed by atoms with van der Waals surface area (Å²) < 4.78 is 5.52. The Morgan fingerprint density at radius 1 is 1.17 bits per heavy atom. The molecular formula is C23H28ClN3O3. The lowest BCUT2D eigenvalue weighted by Gasteiger charge is -2.37. The Bertz CT molecular complexity index is 920. The maximum absolute atomic E-state index is 13.4. The summed E-state index contributed by atoms with van der Waals surface area (Å²) in [4.78, 5) is 27.5. The summed E-state index contributed by atoms with van der Waals surface area (Å²) in [5.74, 6) is 1.31. The van der Waals surface area contributed by atoms with E-state index in [1.54, 1.807) is 19.2 Å². The number of ether oxygens (including phenoxy) is 1. The predicted molar refractivity (Wildman–Crippen MR) is 119 cm³/mol. The van der Waals surface area contributed by atoms with Crippen LogP contribution in [0.4, 0.5) is 5.69 Å². The largest absolute Gasteiger partial charge is 0.496 e. The number of carbonyl (C=O) groups excluding carboxylic acids is 2. The Balaban J connectivity index is 0.00000256. The van der Waals surface area contributed by atoms with Crippen LogP contribution in [-0.4, -0.2) is 43.5 Å². The summed E-state index contributed by atoms with van der Waals surface area (Å²) in [5.41, 5.74) is 2.24. The number of amides is 2. The Morgan fingerprint density at radius 3 is 2.67 bits per heavy atom. The zero-order valence-corrected chi connectivity index (χ0v) is 18.1. The third kappa shape index (κ3) is 4.60. The molecular weight excluding hydrogens is 402 g/mol. The van der Waals surface area contributed by atoms with Gasteiger partial charge >= 0.3 is 0 Å². The first-order valence-electron chi connectivity index (χ1n) is 10.1. The molecule has 1 aliphatic carbocycles. The van der Waals surface area contributed by atoms with Gasteiger partial charge in [-0.2, -0.15) is 0 Å². The lowest BCUT2D eigenvalue weighted by atomic mass is 10.0. The SMILES string of the molecule is COc1ccccc1C1CNCCN1C(=O)c1cccc(NC(=O)C2CC2C)c1.Cl. The van der Waals surface area contributed by atoms with E-state index >= 15 is 0 Å². The summed E-state index contributed by atoms with van der Waals surface area (Å²) in [7, 11) is 1.65. The van der Waals surface area contributed by atoms with Crippen LogP contribution in [-0.2, 0) is 4.79 Å². The minimum absolute atomic E-state index is 0. The highest BCUT2D eigenvalue weighted by atomic mass is 35.5. The van der Waals surface area contributed by atoms with E-state index in [1.165, 1.54) is 0 Å². The van der Waals surface area contributed by atoms with Crippen LogP contribution in [0.3, 0.4) is 0 Å². The molecule has 2 N–H and O–H groups in total. The van der Waals surface area contributed by atoms with Crippen molar-refractivity contribution in [2.75, 3.05) is 32.1 Å². The third-order valence-electron chi connectivity index (χ3n) is 5.83. The monoisotopic (exact) mass is 429 g/mol. The first-order valence-corrected chi connectivity index (χ1v) is 10.1. The topological polar surface area (TPSA) is 70.7 Å². The van der Waals surface area contributed by atoms with E-state index in [0.717, 1.165) is 24.3 Å². The Morgan fingerprint density at radius 2 is 1.93 bits per heavy atom. The lowest BCUT2D eigenvalue weighted by molar-refractivity contribution is -0.117. The van der Waals surface area contributed by atoms with Crippen molar-refractivity contribution in [1.29, 1.82) is 0 Å². The van der Waals surface area contributed by atoms with Gasteiger partial charge in [0.1, 0.15) is 5.75 Å². The van der Waals surface area contributed by atoms with E-state index in [1.807, 2.05) is 41.3 Å². The number of nitrogens with one attached hydrogen (secondary N) is 2. The molecule has 2 aliphatic rings. The van der Waals surface area contributed by atoms with Crippen LogP contribution in [0, 0.1) is 11.8 Å². The summed E-state index contributed by atoms with van der Waals surface area (Å²) in [6.07, 6.45) is 0.936. The van der Waals surface area contributed by atoms with E-state index in [4.69, 9.17) is 4.74 Å². The standard InChI is InChI=1S/C23H27N3O3.ClH/c1-15-12-19(15)22(27)25-17-7-5-6-16(13-17)23(28)26-11-10-24-14-20(26)18-8-3-4-9-21(18)29-2;/h3-9,13,15,19-20,24H,10-12,14H2,1-2H3,(H,25,27);1H. The molecule has 1 saturated carbocycles. The van der Waals surface area contributed by atoms with Gasteiger partial charge in [0, 0.05) is 42.4 Å². The molecule has 160 valence electrons. The molecule has 2 aromatic rings. The van der Waals surface area contributed by atoms with Crippen molar-refractivity contribution in [2.45, 2.75) is 19.4 Å². The number of hydrogen-bond donors (Lipinski definition) is 2. The van der Waals surface area contributed by atoms with Crippen LogP contribution >= 0.6 is 12.4 Å². The number of rotatable bonds is 5. The van der Waals surface area contributed by atoms with E-state index < -0.39 is 0 Å². The fourth-order valence-electron chi connectivity index (χ4n) is 3.99. The van der Waals surface area contributed by atoms with Crippen molar-refractivity contribution in [3.8, 4) is 5.75 Å². The molecule has 6 nitrogen and oxygen atoms in total. The molecule has 1 saturated heterocycles. The van der Waals surface area contributed by atoms with Gasteiger partial charge < -0.3 is 20.3 Å². The van der Waals surface area contributed by atoms with Crippen LogP contribution in [0.2, 0.25) is 0 Å². The van der Waals surface area contributed by atoms with Crippen LogP contribution in [0.15, 0.2) is 48.5 Å². The number of carbonyl (C=O) groups is 2. The van der Waals surface area contributed by atoms with Gasteiger partial charge in [-0.3, -0.25) is 9.59 Å². The zero-order chi connectivity index (χ0) is 20.4. The zero-order valence-electron chi connectivity index (χ0n) is 17.3. The van der Waals surface area contributed by atoms with Gasteiger partial charge in [-0.05, 0) is 36.6 Å². The van der Waals surface area contributed by atoms with Crippen LogP contribution in [0.25, 0.3) is 0 Å². The smallest absolute Gasteiger partial charge is 0.254 e. The van der Waals surface area contributed by atoms with Crippen LogP contribution in [0.5, 0.6) is 5.75 Å². The van der Waals surface area contributed by atoms with Gasteiger partial charge in [-0.25, -0.2) is 0 Å². The quantitative estimate of drug-likeness (QED) is 0.763. The Kier molecular flexibility index (Phi) is 7.00. The minimum Gasteiger partial charge on any atom is -0.496 e. The fraction of sp³-hybridized carbons (Fsp3) is 0.391. The first-order chi connectivity index (χ1) is 14.1. The van der Waals surface area contributed by atoms with E-state index in [9.17, 15) is 9.59 Å². The molecule has 2 amide bonds. The number of hydrogen-bond acceptors (Lipinski definition) is 4. The molecule has 2 fully saturated rings. The molecule has 4 rings (SSSR count). The van der Waals surface area contributed by atoms with Gasteiger partial charge in [0.15, 0.2) is 0 Å². The molecule has 3 unspecified atom stereocenters. The van der Waals surface area contributed by atoms with Gasteiger partial charge in [0.05, 0.1) is 13.2 Å². The molecule has 0 aromatic heterocycles. The van der Waals surface area contributed by atoms with Gasteiger partial charge in [-0.15, -0.1) is 12.4 Å². The van der Waals surface area contributed by atoms with Gasteiger partial charge in [0.2, 0.25) is 5.91 Å². The average molecular weight is 430 g/mol. The second-order valence-electron chi connectivity index (χ2n) is 7.85. The molecule has 1 aliphatic heterocycles. The summed E-state index contributed by atoms with van der Waals surface area (Å²) in [6, 6.07) is 14.9. The van der Waals surface area contributed by atoms with Crippen molar-refractivity contribution in [1.82, 2.24) is 10.2 Å². The normalized spacial score (nSPS) is 22.6. The summed E-state index contributed by atoms with van der Waals surface area (Å²) >= 11 is 0. The number of para-hydroxylation sites is 1. The molecule has 1 heterocycles. The maximum Gasteiger partial charge on any atom is 0.254 e. The summed E-state index contributed by atoms with van der Waals surface area (Å²) in [6.45, 7) is 4.10. The third-order valence-corrected chi connectivity index (χ3v) is 5.83. The fourth-order valence-corrected chi connectivity index (χ4v) is 3.99. The highest BCUT2D eigenvalue weighted by Crippen LogP contribution is 2.38. The number of methoxy groups -OCH3 is 1.